The van der Waals surface area contributed by atoms with Crippen molar-refractivity contribution >= 4 is 17.8 Å². The van der Waals surface area contributed by atoms with Gasteiger partial charge in [-0.15, -0.1) is 0 Å². The number of nitrogens with two attached hydrogens (primary N) is 1. The molecule has 1 unspecified atom stereocenters. The molecule has 1 heterocycles. The number of ether oxygens (including phenoxy) is 1. The molecule has 1 aliphatic rings. The molecule has 1 atom stereocenters. The van der Waals surface area contributed by atoms with Crippen LogP contribution in [0, 0.1) is 11.3 Å². The van der Waals surface area contributed by atoms with E-state index >= 15 is 0 Å². The first-order valence-electron chi connectivity index (χ1n) is 7.97. The summed E-state index contributed by atoms with van der Waals surface area (Å²) in [5, 5.41) is 8.96. The summed E-state index contributed by atoms with van der Waals surface area (Å²) in [5.41, 5.74) is 6.39. The van der Waals surface area contributed by atoms with Gasteiger partial charge >= 0.3 is 5.97 Å². The Morgan fingerprint density at radius 1 is 1.40 bits per heavy atom. The molecule has 0 saturated heterocycles. The van der Waals surface area contributed by atoms with Crippen molar-refractivity contribution in [2.45, 2.75) is 51.8 Å². The number of hydrogen-bond acceptors (Lipinski definition) is 5. The summed E-state index contributed by atoms with van der Waals surface area (Å²) < 4.78 is 5.22. The van der Waals surface area contributed by atoms with E-state index in [1.54, 1.807) is 39.0 Å². The standard InChI is InChI=1S/C18H21N3O4/c1-18(2,3)25-15(22)7-6-14(16(20)23)21-10-12-8-11(9-19)4-5-13(12)17(21)24/h4-5,8,14H,6-7,10H2,1-3H3,(H2,20,23). The van der Waals surface area contributed by atoms with E-state index in [9.17, 15) is 14.4 Å². The van der Waals surface area contributed by atoms with E-state index in [0.717, 1.165) is 0 Å². The molecule has 0 aromatic heterocycles. The quantitative estimate of drug-likeness (QED) is 0.814. The third-order valence-corrected chi connectivity index (χ3v) is 3.81. The molecule has 0 saturated carbocycles. The molecule has 0 fully saturated rings. The lowest BCUT2D eigenvalue weighted by molar-refractivity contribution is -0.155. The number of carbonyl (C=O) groups is 3. The number of amides is 2. The summed E-state index contributed by atoms with van der Waals surface area (Å²) >= 11 is 0. The van der Waals surface area contributed by atoms with Crippen LogP contribution in [0.25, 0.3) is 0 Å². The second-order valence-electron chi connectivity index (χ2n) is 6.96. The Bertz CT molecular complexity index is 759. The van der Waals surface area contributed by atoms with Gasteiger partial charge < -0.3 is 15.4 Å². The Morgan fingerprint density at radius 3 is 2.64 bits per heavy atom. The number of carbonyl (C=O) groups excluding carboxylic acids is 3. The molecule has 7 heteroatoms. The number of hydrogen-bond donors (Lipinski definition) is 1. The van der Waals surface area contributed by atoms with Gasteiger partial charge in [-0.3, -0.25) is 14.4 Å². The molecule has 0 aliphatic carbocycles. The highest BCUT2D eigenvalue weighted by atomic mass is 16.6. The van der Waals surface area contributed by atoms with Crippen molar-refractivity contribution < 1.29 is 19.1 Å². The van der Waals surface area contributed by atoms with Gasteiger partial charge in [0.1, 0.15) is 11.6 Å². The van der Waals surface area contributed by atoms with Crippen LogP contribution in [0.5, 0.6) is 0 Å². The minimum Gasteiger partial charge on any atom is -0.460 e. The Morgan fingerprint density at radius 2 is 2.08 bits per heavy atom. The smallest absolute Gasteiger partial charge is 0.306 e. The maximum Gasteiger partial charge on any atom is 0.306 e. The first-order chi connectivity index (χ1) is 11.6. The predicted octanol–water partition coefficient (Wildman–Crippen LogP) is 1.49. The van der Waals surface area contributed by atoms with Crippen molar-refractivity contribution in [1.29, 1.82) is 5.26 Å². The number of nitriles is 1. The average molecular weight is 343 g/mol. The molecule has 7 nitrogen and oxygen atoms in total. The van der Waals surface area contributed by atoms with E-state index in [1.807, 2.05) is 6.07 Å². The van der Waals surface area contributed by atoms with Gasteiger partial charge in [0.2, 0.25) is 5.91 Å². The van der Waals surface area contributed by atoms with Crippen molar-refractivity contribution in [2.24, 2.45) is 5.73 Å². The lowest BCUT2D eigenvalue weighted by Crippen LogP contribution is -2.45. The van der Waals surface area contributed by atoms with Gasteiger partial charge in [0.05, 0.1) is 11.6 Å². The molecule has 2 amide bonds. The molecule has 0 bridgehead atoms. The van der Waals surface area contributed by atoms with Gasteiger partial charge in [0.15, 0.2) is 0 Å². The number of primary amides is 1. The SMILES string of the molecule is CC(C)(C)OC(=O)CCC(C(N)=O)N1Cc2cc(C#N)ccc2C1=O. The molecule has 25 heavy (non-hydrogen) atoms. The summed E-state index contributed by atoms with van der Waals surface area (Å²) in [5.74, 6) is -1.45. The van der Waals surface area contributed by atoms with Crippen molar-refractivity contribution in [3.8, 4) is 6.07 Å². The monoisotopic (exact) mass is 343 g/mol. The fourth-order valence-electron chi connectivity index (χ4n) is 2.76. The molecule has 132 valence electrons. The summed E-state index contributed by atoms with van der Waals surface area (Å²) in [6.45, 7) is 5.45. The third kappa shape index (κ3) is 4.35. The number of benzene rings is 1. The van der Waals surface area contributed by atoms with Crippen LogP contribution in [0.4, 0.5) is 0 Å². The number of esters is 1. The first-order valence-corrected chi connectivity index (χ1v) is 7.97. The Kier molecular flexibility index (Phi) is 5.12. The largest absolute Gasteiger partial charge is 0.460 e. The van der Waals surface area contributed by atoms with Gasteiger partial charge in [0, 0.05) is 18.5 Å². The zero-order valence-electron chi connectivity index (χ0n) is 14.5. The van der Waals surface area contributed by atoms with Crippen molar-refractivity contribution in [2.75, 3.05) is 0 Å². The molecule has 2 N–H and O–H groups in total. The predicted molar refractivity (Wildman–Crippen MR) is 89.1 cm³/mol. The van der Waals surface area contributed by atoms with E-state index in [1.165, 1.54) is 4.90 Å². The van der Waals surface area contributed by atoms with Crippen LogP contribution in [0.3, 0.4) is 0 Å². The van der Waals surface area contributed by atoms with Gasteiger partial charge in [-0.2, -0.15) is 5.26 Å². The molecular weight excluding hydrogens is 322 g/mol. The van der Waals surface area contributed by atoms with E-state index < -0.39 is 23.5 Å². The van der Waals surface area contributed by atoms with Crippen molar-refractivity contribution in [3.63, 3.8) is 0 Å². The summed E-state index contributed by atoms with van der Waals surface area (Å²) in [6.07, 6.45) is 0.0729. The zero-order chi connectivity index (χ0) is 18.8. The molecule has 1 aliphatic heterocycles. The first kappa shape index (κ1) is 18.5. The summed E-state index contributed by atoms with van der Waals surface area (Å²) in [7, 11) is 0. The molecule has 2 rings (SSSR count). The Balaban J connectivity index is 2.11. The van der Waals surface area contributed by atoms with Gasteiger partial charge in [-0.1, -0.05) is 0 Å². The maximum atomic E-state index is 12.5. The van der Waals surface area contributed by atoms with Gasteiger partial charge in [-0.25, -0.2) is 0 Å². The maximum absolute atomic E-state index is 12.5. The highest BCUT2D eigenvalue weighted by Gasteiger charge is 2.36. The number of rotatable bonds is 5. The minimum absolute atomic E-state index is 0.0194. The van der Waals surface area contributed by atoms with E-state index in [2.05, 4.69) is 0 Å². The van der Waals surface area contributed by atoms with E-state index in [-0.39, 0.29) is 25.3 Å². The normalized spacial score (nSPS) is 14.6. The van der Waals surface area contributed by atoms with Crippen LogP contribution in [-0.4, -0.2) is 34.3 Å². The molecule has 1 aromatic carbocycles. The fraction of sp³-hybridized carbons (Fsp3) is 0.444. The van der Waals surface area contributed by atoms with Crippen LogP contribution in [0.15, 0.2) is 18.2 Å². The highest BCUT2D eigenvalue weighted by molar-refractivity contribution is 6.01. The topological polar surface area (TPSA) is 113 Å². The van der Waals surface area contributed by atoms with Crippen LogP contribution < -0.4 is 5.73 Å². The van der Waals surface area contributed by atoms with E-state index in [4.69, 9.17) is 15.7 Å². The molecule has 0 radical (unpaired) electrons. The third-order valence-electron chi connectivity index (χ3n) is 3.81. The van der Waals surface area contributed by atoms with Crippen molar-refractivity contribution in [1.82, 2.24) is 4.90 Å². The molecular formula is C18H21N3O4. The highest BCUT2D eigenvalue weighted by Crippen LogP contribution is 2.27. The van der Waals surface area contributed by atoms with Crippen LogP contribution in [-0.2, 0) is 20.9 Å². The van der Waals surface area contributed by atoms with Crippen LogP contribution in [0.2, 0.25) is 0 Å². The summed E-state index contributed by atoms with van der Waals surface area (Å²) in [6, 6.07) is 5.86. The van der Waals surface area contributed by atoms with Gasteiger partial charge in [0.25, 0.3) is 5.91 Å². The molecule has 0 spiro atoms. The lowest BCUT2D eigenvalue weighted by Gasteiger charge is -2.25. The second kappa shape index (κ2) is 6.93. The van der Waals surface area contributed by atoms with Crippen molar-refractivity contribution in [3.05, 3.63) is 34.9 Å². The Labute approximate surface area is 146 Å². The number of nitrogens with zero attached hydrogens (tertiary/aromatic N) is 2. The Hall–Kier alpha value is -2.88. The lowest BCUT2D eigenvalue weighted by atomic mass is 10.1. The van der Waals surface area contributed by atoms with Crippen LogP contribution >= 0.6 is 0 Å². The fourth-order valence-corrected chi connectivity index (χ4v) is 2.76. The minimum atomic E-state index is -0.905. The average Bonchev–Trinajstić information content (AvgIpc) is 2.81. The zero-order valence-corrected chi connectivity index (χ0v) is 14.5. The summed E-state index contributed by atoms with van der Waals surface area (Å²) in [4.78, 5) is 37.6. The van der Waals surface area contributed by atoms with Gasteiger partial charge in [-0.05, 0) is 51.0 Å². The van der Waals surface area contributed by atoms with E-state index in [0.29, 0.717) is 16.7 Å². The number of fused-ring (bicyclic) bond motifs is 1. The molecule has 1 aromatic rings. The second-order valence-corrected chi connectivity index (χ2v) is 6.96. The van der Waals surface area contributed by atoms with Crippen LogP contribution in [0.1, 0.15) is 55.1 Å².